The molecular formula is C11H12BrNO2. The van der Waals surface area contributed by atoms with E-state index >= 15 is 0 Å². The molecule has 0 spiro atoms. The Morgan fingerprint density at radius 1 is 1.53 bits per heavy atom. The summed E-state index contributed by atoms with van der Waals surface area (Å²) in [5, 5.41) is 2.85. The molecule has 0 saturated carbocycles. The summed E-state index contributed by atoms with van der Waals surface area (Å²) >= 11 is 3.39. The van der Waals surface area contributed by atoms with Crippen LogP contribution in [0.1, 0.15) is 18.9 Å². The number of rotatable bonds is 1. The van der Waals surface area contributed by atoms with E-state index in [1.165, 1.54) is 0 Å². The second kappa shape index (κ2) is 3.85. The minimum atomic E-state index is -0.364. The summed E-state index contributed by atoms with van der Waals surface area (Å²) in [6.45, 7) is 3.90. The number of carbonyl (C=O) groups excluding carboxylic acids is 1. The maximum absolute atomic E-state index is 11.6. The molecule has 1 amide bonds. The van der Waals surface area contributed by atoms with E-state index in [2.05, 4.69) is 21.2 Å². The van der Waals surface area contributed by atoms with E-state index in [0.29, 0.717) is 6.42 Å². The fourth-order valence-electron chi connectivity index (χ4n) is 1.66. The number of anilines is 1. The van der Waals surface area contributed by atoms with Crippen LogP contribution in [0.3, 0.4) is 0 Å². The van der Waals surface area contributed by atoms with E-state index in [9.17, 15) is 4.79 Å². The van der Waals surface area contributed by atoms with Gasteiger partial charge in [0.05, 0.1) is 5.69 Å². The second-order valence-corrected chi connectivity index (χ2v) is 4.52. The smallest absolute Gasteiger partial charge is 0.265 e. The Morgan fingerprint density at radius 2 is 2.27 bits per heavy atom. The average Bonchev–Trinajstić information content (AvgIpc) is 2.16. The quantitative estimate of drug-likeness (QED) is 0.852. The molecule has 1 N–H and O–H groups in total. The fraction of sp³-hybridized carbons (Fsp3) is 0.364. The molecule has 0 radical (unpaired) electrons. The van der Waals surface area contributed by atoms with Crippen LogP contribution in [-0.2, 0) is 4.79 Å². The number of nitrogens with one attached hydrogen (secondary N) is 1. The number of ether oxygens (including phenoxy) is 1. The van der Waals surface area contributed by atoms with E-state index in [1.54, 1.807) is 0 Å². The molecule has 2 rings (SSSR count). The van der Waals surface area contributed by atoms with Crippen molar-refractivity contribution in [3.05, 3.63) is 22.2 Å². The van der Waals surface area contributed by atoms with Crippen molar-refractivity contribution in [3.63, 3.8) is 0 Å². The first-order chi connectivity index (χ1) is 7.11. The Kier molecular flexibility index (Phi) is 2.69. The average molecular weight is 270 g/mol. The molecule has 80 valence electrons. The molecule has 0 bridgehead atoms. The first-order valence-electron chi connectivity index (χ1n) is 4.89. The monoisotopic (exact) mass is 269 g/mol. The van der Waals surface area contributed by atoms with E-state index in [-0.39, 0.29) is 12.0 Å². The third kappa shape index (κ3) is 1.86. The third-order valence-electron chi connectivity index (χ3n) is 2.42. The minimum Gasteiger partial charge on any atom is -0.478 e. The number of benzene rings is 1. The lowest BCUT2D eigenvalue weighted by atomic mass is 10.1. The summed E-state index contributed by atoms with van der Waals surface area (Å²) in [5.74, 6) is 0.715. The maximum atomic E-state index is 11.6. The maximum Gasteiger partial charge on any atom is 0.265 e. The van der Waals surface area contributed by atoms with Gasteiger partial charge < -0.3 is 10.1 Å². The first-order valence-corrected chi connectivity index (χ1v) is 5.68. The topological polar surface area (TPSA) is 38.3 Å². The molecule has 1 atom stereocenters. The summed E-state index contributed by atoms with van der Waals surface area (Å²) in [6.07, 6.45) is 0.318. The number of halogens is 1. The Hall–Kier alpha value is -1.03. The van der Waals surface area contributed by atoms with Crippen LogP contribution in [0.5, 0.6) is 5.75 Å². The molecule has 0 aromatic heterocycles. The number of fused-ring (bicyclic) bond motifs is 1. The normalized spacial score (nSPS) is 19.1. The summed E-state index contributed by atoms with van der Waals surface area (Å²) in [7, 11) is 0. The zero-order chi connectivity index (χ0) is 11.0. The van der Waals surface area contributed by atoms with Crippen molar-refractivity contribution in [2.24, 2.45) is 0 Å². The van der Waals surface area contributed by atoms with Gasteiger partial charge in [-0.1, -0.05) is 22.9 Å². The summed E-state index contributed by atoms with van der Waals surface area (Å²) < 4.78 is 6.59. The third-order valence-corrected chi connectivity index (χ3v) is 2.88. The molecule has 15 heavy (non-hydrogen) atoms. The van der Waals surface area contributed by atoms with Gasteiger partial charge in [-0.2, -0.15) is 0 Å². The van der Waals surface area contributed by atoms with Crippen molar-refractivity contribution in [2.45, 2.75) is 26.4 Å². The molecule has 1 aromatic rings. The Labute approximate surface area is 96.9 Å². The highest BCUT2D eigenvalue weighted by molar-refractivity contribution is 9.10. The predicted octanol–water partition coefficient (Wildman–Crippen LogP) is 2.87. The summed E-state index contributed by atoms with van der Waals surface area (Å²) in [4.78, 5) is 11.6. The number of hydrogen-bond donors (Lipinski definition) is 1. The Bertz CT molecular complexity index is 417. The molecule has 0 aliphatic carbocycles. The van der Waals surface area contributed by atoms with Gasteiger partial charge in [0.25, 0.3) is 5.91 Å². The van der Waals surface area contributed by atoms with Gasteiger partial charge in [0.15, 0.2) is 6.10 Å². The molecule has 1 heterocycles. The van der Waals surface area contributed by atoms with Crippen molar-refractivity contribution in [3.8, 4) is 5.75 Å². The molecule has 1 aliphatic heterocycles. The van der Waals surface area contributed by atoms with Crippen molar-refractivity contribution in [1.29, 1.82) is 0 Å². The van der Waals surface area contributed by atoms with Gasteiger partial charge in [0.1, 0.15) is 5.75 Å². The van der Waals surface area contributed by atoms with Gasteiger partial charge in [0, 0.05) is 4.47 Å². The first kappa shape index (κ1) is 10.5. The highest BCUT2D eigenvalue weighted by Gasteiger charge is 2.27. The molecule has 1 aliphatic rings. The zero-order valence-electron chi connectivity index (χ0n) is 8.63. The molecule has 1 aromatic carbocycles. The van der Waals surface area contributed by atoms with Crippen molar-refractivity contribution in [2.75, 3.05) is 5.32 Å². The van der Waals surface area contributed by atoms with Gasteiger partial charge in [-0.3, -0.25) is 4.79 Å². The second-order valence-electron chi connectivity index (χ2n) is 3.60. The fourth-order valence-corrected chi connectivity index (χ4v) is 2.23. The van der Waals surface area contributed by atoms with Gasteiger partial charge in [-0.25, -0.2) is 0 Å². The lowest BCUT2D eigenvalue weighted by Gasteiger charge is -2.26. The van der Waals surface area contributed by atoms with Crippen LogP contribution in [0.2, 0.25) is 0 Å². The predicted molar refractivity (Wildman–Crippen MR) is 62.2 cm³/mol. The van der Waals surface area contributed by atoms with Crippen LogP contribution in [0.25, 0.3) is 0 Å². The van der Waals surface area contributed by atoms with Gasteiger partial charge in [-0.15, -0.1) is 0 Å². The Balaban J connectivity index is 2.45. The standard InChI is InChI=1S/C11H12BrNO2/c1-3-9-11(14)13-8-5-7(12)4-6(2)10(8)15-9/h4-5,9H,3H2,1-2H3,(H,13,14). The van der Waals surface area contributed by atoms with Crippen LogP contribution in [-0.4, -0.2) is 12.0 Å². The number of amides is 1. The lowest BCUT2D eigenvalue weighted by molar-refractivity contribution is -0.123. The van der Waals surface area contributed by atoms with Crippen LogP contribution in [0.15, 0.2) is 16.6 Å². The van der Waals surface area contributed by atoms with E-state index in [0.717, 1.165) is 21.5 Å². The summed E-state index contributed by atoms with van der Waals surface area (Å²) in [6, 6.07) is 3.83. The lowest BCUT2D eigenvalue weighted by Crippen LogP contribution is -2.36. The number of carbonyl (C=O) groups is 1. The van der Waals surface area contributed by atoms with E-state index in [1.807, 2.05) is 26.0 Å². The van der Waals surface area contributed by atoms with Crippen LogP contribution in [0, 0.1) is 6.92 Å². The summed E-state index contributed by atoms with van der Waals surface area (Å²) in [5.41, 5.74) is 1.77. The highest BCUT2D eigenvalue weighted by atomic mass is 79.9. The Morgan fingerprint density at radius 3 is 2.93 bits per heavy atom. The molecule has 0 fully saturated rings. The highest BCUT2D eigenvalue weighted by Crippen LogP contribution is 2.36. The molecule has 1 unspecified atom stereocenters. The van der Waals surface area contributed by atoms with E-state index in [4.69, 9.17) is 4.74 Å². The largest absolute Gasteiger partial charge is 0.478 e. The number of hydrogen-bond acceptors (Lipinski definition) is 2. The zero-order valence-corrected chi connectivity index (χ0v) is 10.2. The van der Waals surface area contributed by atoms with Gasteiger partial charge in [-0.05, 0) is 31.0 Å². The van der Waals surface area contributed by atoms with Crippen LogP contribution >= 0.6 is 15.9 Å². The minimum absolute atomic E-state index is 0.0671. The van der Waals surface area contributed by atoms with Crippen LogP contribution < -0.4 is 10.1 Å². The molecule has 0 saturated heterocycles. The number of aryl methyl sites for hydroxylation is 1. The van der Waals surface area contributed by atoms with Crippen molar-refractivity contribution >= 4 is 27.5 Å². The van der Waals surface area contributed by atoms with Crippen LogP contribution in [0.4, 0.5) is 5.69 Å². The molecular weight excluding hydrogens is 258 g/mol. The van der Waals surface area contributed by atoms with E-state index < -0.39 is 0 Å². The molecule has 4 heteroatoms. The molecule has 3 nitrogen and oxygen atoms in total. The van der Waals surface area contributed by atoms with Crippen molar-refractivity contribution in [1.82, 2.24) is 0 Å². The van der Waals surface area contributed by atoms with Crippen molar-refractivity contribution < 1.29 is 9.53 Å². The van der Waals surface area contributed by atoms with Gasteiger partial charge in [0.2, 0.25) is 0 Å². The SMILES string of the molecule is CCC1Oc2c(C)cc(Br)cc2NC1=O. The van der Waals surface area contributed by atoms with Gasteiger partial charge >= 0.3 is 0 Å².